The molecule has 0 aliphatic rings. The van der Waals surface area contributed by atoms with Crippen LogP contribution < -0.4 is 5.32 Å². The lowest BCUT2D eigenvalue weighted by Crippen LogP contribution is -2.27. The van der Waals surface area contributed by atoms with Gasteiger partial charge in [-0.05, 0) is 39.8 Å². The largest absolute Gasteiger partial charge is 0.433 e. The van der Waals surface area contributed by atoms with Crippen LogP contribution in [-0.2, 0) is 16.5 Å². The molecule has 0 spiro atoms. The van der Waals surface area contributed by atoms with Crippen molar-refractivity contribution < 1.29 is 23.1 Å². The van der Waals surface area contributed by atoms with Crippen molar-refractivity contribution in [1.29, 1.82) is 0 Å². The van der Waals surface area contributed by atoms with E-state index in [1.807, 2.05) is 0 Å². The Bertz CT molecular complexity index is 760. The zero-order chi connectivity index (χ0) is 18.3. The van der Waals surface area contributed by atoms with E-state index in [-0.39, 0.29) is 23.5 Å². The van der Waals surface area contributed by atoms with Gasteiger partial charge in [0, 0.05) is 5.54 Å². The zero-order valence-electron chi connectivity index (χ0n) is 13.8. The fourth-order valence-electron chi connectivity index (χ4n) is 2.28. The fourth-order valence-corrected chi connectivity index (χ4v) is 2.28. The Morgan fingerprint density at radius 2 is 1.92 bits per heavy atom. The molecule has 0 unspecified atom stereocenters. The molecular weight excluding hydrogens is 325 g/mol. The summed E-state index contributed by atoms with van der Waals surface area (Å²) < 4.78 is 40.2. The number of hydrogen-bond acceptors (Lipinski definition) is 4. The lowest BCUT2D eigenvalue weighted by molar-refractivity contribution is -0.141. The van der Waals surface area contributed by atoms with Gasteiger partial charge in [0.15, 0.2) is 5.65 Å². The number of hydrogen-bond donors (Lipinski definition) is 2. The number of carbonyl (C=O) groups is 1. The highest BCUT2D eigenvalue weighted by Gasteiger charge is 2.34. The Labute approximate surface area is 136 Å². The molecule has 1 atom stereocenters. The summed E-state index contributed by atoms with van der Waals surface area (Å²) in [5, 5.41) is 11.8. The number of anilines is 1. The van der Waals surface area contributed by atoms with Crippen molar-refractivity contribution in [2.45, 2.75) is 51.9 Å². The van der Waals surface area contributed by atoms with E-state index in [1.165, 1.54) is 17.6 Å². The minimum atomic E-state index is -4.57. The molecule has 9 heteroatoms. The summed E-state index contributed by atoms with van der Waals surface area (Å²) in [5.74, 6) is -0.392. The topological polar surface area (TPSA) is 80.0 Å². The third kappa shape index (κ3) is 3.84. The van der Waals surface area contributed by atoms with Gasteiger partial charge in [0.05, 0.1) is 12.5 Å². The van der Waals surface area contributed by atoms with Gasteiger partial charge in [-0.3, -0.25) is 14.7 Å². The van der Waals surface area contributed by atoms with Crippen LogP contribution in [0.15, 0.2) is 12.1 Å². The minimum absolute atomic E-state index is 0.0321. The lowest BCUT2D eigenvalue weighted by atomic mass is 10.1. The van der Waals surface area contributed by atoms with E-state index >= 15 is 0 Å². The first-order chi connectivity index (χ1) is 10.9. The van der Waals surface area contributed by atoms with Crippen molar-refractivity contribution in [3.8, 4) is 0 Å². The predicted octanol–water partition coefficient (Wildman–Crippen LogP) is 2.91. The van der Waals surface area contributed by atoms with Gasteiger partial charge in [-0.15, -0.1) is 0 Å². The maximum absolute atomic E-state index is 12.9. The molecule has 0 saturated carbocycles. The van der Waals surface area contributed by atoms with Crippen molar-refractivity contribution in [2.75, 3.05) is 5.32 Å². The maximum atomic E-state index is 12.9. The molecular formula is C15H19F3N4O2. The van der Waals surface area contributed by atoms with Crippen LogP contribution in [0.2, 0.25) is 0 Å². The van der Waals surface area contributed by atoms with Gasteiger partial charge in [0.2, 0.25) is 11.9 Å². The van der Waals surface area contributed by atoms with E-state index in [4.69, 9.17) is 0 Å². The van der Waals surface area contributed by atoms with Gasteiger partial charge in [0.1, 0.15) is 11.2 Å². The second-order valence-electron chi connectivity index (χ2n) is 6.58. The molecule has 2 aromatic heterocycles. The molecule has 0 aliphatic heterocycles. The molecule has 1 amide bonds. The van der Waals surface area contributed by atoms with Gasteiger partial charge in [-0.25, -0.2) is 9.97 Å². The number of aliphatic hydroxyl groups is 1. The fraction of sp³-hybridized carbons (Fsp3) is 0.533. The van der Waals surface area contributed by atoms with Gasteiger partial charge in [-0.1, -0.05) is 0 Å². The highest BCUT2D eigenvalue weighted by Crippen LogP contribution is 2.32. The molecule has 132 valence electrons. The predicted molar refractivity (Wildman–Crippen MR) is 82.5 cm³/mol. The summed E-state index contributed by atoms with van der Waals surface area (Å²) in [5.41, 5.74) is -1.42. The second-order valence-corrected chi connectivity index (χ2v) is 6.58. The van der Waals surface area contributed by atoms with Gasteiger partial charge >= 0.3 is 6.18 Å². The third-order valence-corrected chi connectivity index (χ3v) is 3.20. The number of nitrogens with zero attached hydrogens (tertiary/aromatic N) is 3. The molecule has 0 radical (unpaired) electrons. The van der Waals surface area contributed by atoms with E-state index < -0.39 is 29.4 Å². The summed E-state index contributed by atoms with van der Waals surface area (Å²) in [6.07, 6.45) is -5.56. The molecule has 6 nitrogen and oxygen atoms in total. The Morgan fingerprint density at radius 1 is 1.29 bits per heavy atom. The molecule has 0 bridgehead atoms. The van der Waals surface area contributed by atoms with E-state index in [0.29, 0.717) is 0 Å². The van der Waals surface area contributed by atoms with Crippen LogP contribution in [0.1, 0.15) is 39.8 Å². The molecule has 0 saturated heterocycles. The Kier molecular flexibility index (Phi) is 4.58. The van der Waals surface area contributed by atoms with Crippen LogP contribution in [0.4, 0.5) is 19.1 Å². The highest BCUT2D eigenvalue weighted by molar-refractivity contribution is 5.91. The third-order valence-electron chi connectivity index (χ3n) is 3.20. The van der Waals surface area contributed by atoms with Crippen molar-refractivity contribution in [2.24, 2.45) is 0 Å². The number of carbonyl (C=O) groups excluding carboxylic acids is 1. The van der Waals surface area contributed by atoms with Gasteiger partial charge in [-0.2, -0.15) is 13.2 Å². The number of aliphatic hydroxyl groups excluding tert-OH is 1. The van der Waals surface area contributed by atoms with Crippen molar-refractivity contribution in [3.63, 3.8) is 0 Å². The minimum Gasteiger partial charge on any atom is -0.393 e. The second kappa shape index (κ2) is 6.04. The molecule has 24 heavy (non-hydrogen) atoms. The number of rotatable bonds is 3. The van der Waals surface area contributed by atoms with Crippen LogP contribution in [0, 0.1) is 0 Å². The van der Waals surface area contributed by atoms with Crippen molar-refractivity contribution in [1.82, 2.24) is 14.5 Å². The first-order valence-electron chi connectivity index (χ1n) is 7.34. The summed E-state index contributed by atoms with van der Waals surface area (Å²) >= 11 is 0. The van der Waals surface area contributed by atoms with Crippen molar-refractivity contribution >= 4 is 23.0 Å². The molecule has 2 rings (SSSR count). The first kappa shape index (κ1) is 18.2. The number of pyridine rings is 1. The SMILES string of the molecule is C[C@@H](O)CC(=O)Nc1nc2ccc(C(F)(F)F)nc2n1C(C)(C)C. The molecule has 0 aromatic carbocycles. The number of halogens is 3. The first-order valence-corrected chi connectivity index (χ1v) is 7.34. The molecule has 2 aromatic rings. The van der Waals surface area contributed by atoms with E-state index in [1.54, 1.807) is 20.8 Å². The van der Waals surface area contributed by atoms with Gasteiger partial charge in [0.25, 0.3) is 0 Å². The average Bonchev–Trinajstić information content (AvgIpc) is 2.72. The molecule has 0 aliphatic carbocycles. The van der Waals surface area contributed by atoms with Crippen LogP contribution in [0.5, 0.6) is 0 Å². The summed E-state index contributed by atoms with van der Waals surface area (Å²) in [4.78, 5) is 19.7. The van der Waals surface area contributed by atoms with Crippen LogP contribution in [0.25, 0.3) is 11.2 Å². The van der Waals surface area contributed by atoms with E-state index in [9.17, 15) is 23.1 Å². The lowest BCUT2D eigenvalue weighted by Gasteiger charge is -2.24. The monoisotopic (exact) mass is 344 g/mol. The Balaban J connectivity index is 2.57. The quantitative estimate of drug-likeness (QED) is 0.897. The summed E-state index contributed by atoms with van der Waals surface area (Å²) in [6, 6.07) is 2.07. The number of aromatic nitrogens is 3. The smallest absolute Gasteiger partial charge is 0.393 e. The molecule has 0 fully saturated rings. The standard InChI is InChI=1S/C15H19F3N4O2/c1-8(23)7-11(24)21-13-19-9-5-6-10(15(16,17)18)20-12(9)22(13)14(2,3)4/h5-6,8,23H,7H2,1-4H3,(H,19,21,24)/t8-/m1/s1. The number of fused-ring (bicyclic) bond motifs is 1. The van der Waals surface area contributed by atoms with Gasteiger partial charge < -0.3 is 5.11 Å². The molecule has 2 N–H and O–H groups in total. The summed E-state index contributed by atoms with van der Waals surface area (Å²) in [7, 11) is 0. The number of alkyl halides is 3. The molecule has 2 heterocycles. The zero-order valence-corrected chi connectivity index (χ0v) is 13.8. The Hall–Kier alpha value is -2.16. The number of imidazole rings is 1. The van der Waals surface area contributed by atoms with E-state index in [2.05, 4.69) is 15.3 Å². The number of nitrogens with one attached hydrogen (secondary N) is 1. The van der Waals surface area contributed by atoms with Crippen LogP contribution in [-0.4, -0.2) is 31.7 Å². The van der Waals surface area contributed by atoms with Crippen LogP contribution >= 0.6 is 0 Å². The van der Waals surface area contributed by atoms with Crippen molar-refractivity contribution in [3.05, 3.63) is 17.8 Å². The maximum Gasteiger partial charge on any atom is 0.433 e. The normalized spacial score (nSPS) is 14.0. The average molecular weight is 344 g/mol. The van der Waals surface area contributed by atoms with Crippen LogP contribution in [0.3, 0.4) is 0 Å². The van der Waals surface area contributed by atoms with E-state index in [0.717, 1.165) is 6.07 Å². The highest BCUT2D eigenvalue weighted by atomic mass is 19.4. The number of amides is 1. The Morgan fingerprint density at radius 3 is 2.42 bits per heavy atom. The summed E-state index contributed by atoms with van der Waals surface area (Å²) in [6.45, 7) is 6.75.